The monoisotopic (exact) mass is 625 g/mol. The molecule has 1 N–H and O–H groups in total. The van der Waals surface area contributed by atoms with Crippen LogP contribution in [0.2, 0.25) is 0 Å². The van der Waals surface area contributed by atoms with E-state index in [2.05, 4.69) is 29.3 Å². The van der Waals surface area contributed by atoms with Gasteiger partial charge in [0.2, 0.25) is 0 Å². The molecule has 4 aromatic rings. The fourth-order valence-corrected chi connectivity index (χ4v) is 7.89. The van der Waals surface area contributed by atoms with Crippen molar-refractivity contribution >= 4 is 45.1 Å². The van der Waals surface area contributed by atoms with Gasteiger partial charge in [0.25, 0.3) is 5.91 Å². The largest absolute Gasteiger partial charge is 0.462 e. The number of amides is 1. The molecule has 0 saturated heterocycles. The van der Waals surface area contributed by atoms with E-state index in [0.29, 0.717) is 28.6 Å². The summed E-state index contributed by atoms with van der Waals surface area (Å²) in [6.07, 6.45) is 3.08. The summed E-state index contributed by atoms with van der Waals surface area (Å²) in [6.45, 7) is 8.14. The van der Waals surface area contributed by atoms with Crippen LogP contribution >= 0.6 is 11.3 Å². The Bertz CT molecular complexity index is 1730. The van der Waals surface area contributed by atoms with E-state index >= 15 is 0 Å². The second-order valence-corrected chi connectivity index (χ2v) is 12.9. The number of thiophene rings is 1. The molecule has 6 rings (SSSR count). The van der Waals surface area contributed by atoms with E-state index in [0.717, 1.165) is 77.8 Å². The summed E-state index contributed by atoms with van der Waals surface area (Å²) in [4.78, 5) is 48.8. The fourth-order valence-electron chi connectivity index (χ4n) is 6.58. The molecular formula is C36H39N3O5S. The first-order valence-electron chi connectivity index (χ1n) is 15.9. The molecule has 2 atom stereocenters. The van der Waals surface area contributed by atoms with Crippen molar-refractivity contribution in [1.29, 1.82) is 0 Å². The molecule has 8 nitrogen and oxygen atoms in total. The van der Waals surface area contributed by atoms with Gasteiger partial charge in [0, 0.05) is 41.0 Å². The highest BCUT2D eigenvalue weighted by atomic mass is 32.1. The van der Waals surface area contributed by atoms with E-state index in [1.165, 1.54) is 16.9 Å². The van der Waals surface area contributed by atoms with E-state index in [1.807, 2.05) is 42.5 Å². The van der Waals surface area contributed by atoms with Gasteiger partial charge >= 0.3 is 11.9 Å². The molecule has 2 unspecified atom stereocenters. The van der Waals surface area contributed by atoms with E-state index in [-0.39, 0.29) is 6.61 Å². The second-order valence-electron chi connectivity index (χ2n) is 11.8. The van der Waals surface area contributed by atoms with E-state index in [9.17, 15) is 14.4 Å². The van der Waals surface area contributed by atoms with E-state index in [1.54, 1.807) is 13.8 Å². The van der Waals surface area contributed by atoms with Crippen LogP contribution in [0.5, 0.6) is 0 Å². The molecule has 2 aliphatic rings. The molecule has 0 saturated carbocycles. The van der Waals surface area contributed by atoms with Gasteiger partial charge in [0.1, 0.15) is 5.00 Å². The number of ether oxygens (including phenoxy) is 2. The highest BCUT2D eigenvalue weighted by Gasteiger charge is 2.33. The van der Waals surface area contributed by atoms with E-state index < -0.39 is 23.9 Å². The SMILES string of the molecule is CCCN1CCc2nc3ccccc3c(C(=O)OC(C)C(=O)Nc3sc4c(c3C(=O)OCC)CCC(c3ccccc3)C4)c2C1. The van der Waals surface area contributed by atoms with Gasteiger partial charge in [0.05, 0.1) is 23.3 Å². The summed E-state index contributed by atoms with van der Waals surface area (Å²) in [7, 11) is 0. The van der Waals surface area contributed by atoms with Crippen LogP contribution in [-0.4, -0.2) is 53.5 Å². The molecule has 2 aromatic heterocycles. The Kier molecular flexibility index (Phi) is 9.28. The number of carbonyl (C=O) groups is 3. The summed E-state index contributed by atoms with van der Waals surface area (Å²) in [5, 5.41) is 4.09. The highest BCUT2D eigenvalue weighted by molar-refractivity contribution is 7.17. The van der Waals surface area contributed by atoms with Crippen molar-refractivity contribution in [3.8, 4) is 0 Å². The normalized spacial score (nSPS) is 16.8. The number of hydrogen-bond donors (Lipinski definition) is 1. The number of nitrogens with zero attached hydrogens (tertiary/aromatic N) is 2. The third-order valence-electron chi connectivity index (χ3n) is 8.78. The molecule has 1 aliphatic carbocycles. The summed E-state index contributed by atoms with van der Waals surface area (Å²) in [6, 6.07) is 17.9. The number of nitrogens with one attached hydrogen (secondary N) is 1. The summed E-state index contributed by atoms with van der Waals surface area (Å²) in [5.41, 5.74) is 5.61. The summed E-state index contributed by atoms with van der Waals surface area (Å²) < 4.78 is 11.3. The molecule has 0 fully saturated rings. The quantitative estimate of drug-likeness (QED) is 0.207. The van der Waals surface area contributed by atoms with Crippen LogP contribution in [0.15, 0.2) is 54.6 Å². The second kappa shape index (κ2) is 13.5. The van der Waals surface area contributed by atoms with Crippen LogP contribution in [0.3, 0.4) is 0 Å². The Hall–Kier alpha value is -4.08. The third-order valence-corrected chi connectivity index (χ3v) is 9.94. The Morgan fingerprint density at radius 3 is 2.56 bits per heavy atom. The summed E-state index contributed by atoms with van der Waals surface area (Å²) >= 11 is 1.41. The van der Waals surface area contributed by atoms with Crippen LogP contribution in [0.4, 0.5) is 5.00 Å². The van der Waals surface area contributed by atoms with Crippen molar-refractivity contribution in [3.63, 3.8) is 0 Å². The number of pyridine rings is 1. The van der Waals surface area contributed by atoms with Crippen molar-refractivity contribution in [2.24, 2.45) is 0 Å². The third kappa shape index (κ3) is 6.37. The average Bonchev–Trinajstić information content (AvgIpc) is 3.41. The summed E-state index contributed by atoms with van der Waals surface area (Å²) in [5.74, 6) is -1.15. The van der Waals surface area contributed by atoms with Gasteiger partial charge < -0.3 is 14.8 Å². The lowest BCUT2D eigenvalue weighted by Crippen LogP contribution is -2.34. The number of para-hydroxylation sites is 1. The number of rotatable bonds is 9. The first-order valence-corrected chi connectivity index (χ1v) is 16.7. The predicted octanol–water partition coefficient (Wildman–Crippen LogP) is 6.70. The molecule has 3 heterocycles. The first-order chi connectivity index (χ1) is 21.9. The number of hydrogen-bond acceptors (Lipinski definition) is 8. The topological polar surface area (TPSA) is 97.8 Å². The minimum absolute atomic E-state index is 0.234. The molecule has 9 heteroatoms. The standard InChI is InChI=1S/C36H39N3O5S/c1-4-18-39-19-17-29-27(21-39)31(25-13-9-10-14-28(25)37-29)36(42)44-22(3)33(40)38-34-32(35(41)43-5-2)26-16-15-24(20-30(26)45-34)23-11-7-6-8-12-23/h6-14,22,24H,4-5,15-21H2,1-3H3,(H,38,40). The lowest BCUT2D eigenvalue weighted by molar-refractivity contribution is -0.123. The minimum Gasteiger partial charge on any atom is -0.462 e. The van der Waals surface area contributed by atoms with Gasteiger partial charge in [-0.05, 0) is 69.2 Å². The van der Waals surface area contributed by atoms with Crippen LogP contribution in [0, 0.1) is 0 Å². The Balaban J connectivity index is 1.25. The van der Waals surface area contributed by atoms with Gasteiger partial charge in [-0.3, -0.25) is 14.7 Å². The van der Waals surface area contributed by atoms with E-state index in [4.69, 9.17) is 14.5 Å². The van der Waals surface area contributed by atoms with Crippen LogP contribution < -0.4 is 5.32 Å². The number of fused-ring (bicyclic) bond motifs is 3. The van der Waals surface area contributed by atoms with Gasteiger partial charge in [-0.15, -0.1) is 11.3 Å². The highest BCUT2D eigenvalue weighted by Crippen LogP contribution is 2.43. The molecule has 0 radical (unpaired) electrons. The fraction of sp³-hybridized carbons (Fsp3) is 0.389. The number of aromatic nitrogens is 1. The average molecular weight is 626 g/mol. The van der Waals surface area contributed by atoms with Gasteiger partial charge in [0.15, 0.2) is 6.10 Å². The lowest BCUT2D eigenvalue weighted by atomic mass is 9.83. The zero-order valence-corrected chi connectivity index (χ0v) is 26.9. The van der Waals surface area contributed by atoms with Gasteiger partial charge in [-0.2, -0.15) is 0 Å². The zero-order chi connectivity index (χ0) is 31.5. The smallest absolute Gasteiger partial charge is 0.341 e. The van der Waals surface area contributed by atoms with Gasteiger partial charge in [-0.1, -0.05) is 55.5 Å². The lowest BCUT2D eigenvalue weighted by Gasteiger charge is -2.29. The van der Waals surface area contributed by atoms with Crippen molar-refractivity contribution in [1.82, 2.24) is 9.88 Å². The number of anilines is 1. The molecule has 0 bridgehead atoms. The Morgan fingerprint density at radius 1 is 1.00 bits per heavy atom. The molecule has 45 heavy (non-hydrogen) atoms. The maximum absolute atomic E-state index is 13.8. The Labute approximate surface area is 267 Å². The molecule has 1 aliphatic heterocycles. The number of benzene rings is 2. The molecule has 2 aromatic carbocycles. The maximum Gasteiger partial charge on any atom is 0.341 e. The zero-order valence-electron chi connectivity index (χ0n) is 26.1. The van der Waals surface area contributed by atoms with Crippen LogP contribution in [0.25, 0.3) is 10.9 Å². The maximum atomic E-state index is 13.8. The molecule has 234 valence electrons. The number of esters is 2. The van der Waals surface area contributed by atoms with Crippen molar-refractivity contribution in [3.05, 3.63) is 93.0 Å². The predicted molar refractivity (Wildman–Crippen MR) is 176 cm³/mol. The van der Waals surface area contributed by atoms with Crippen molar-refractivity contribution in [2.75, 3.05) is 25.0 Å². The van der Waals surface area contributed by atoms with Crippen molar-refractivity contribution < 1.29 is 23.9 Å². The minimum atomic E-state index is -1.10. The Morgan fingerprint density at radius 2 is 1.78 bits per heavy atom. The molecule has 1 amide bonds. The van der Waals surface area contributed by atoms with Crippen LogP contribution in [0.1, 0.15) is 87.5 Å². The van der Waals surface area contributed by atoms with Crippen LogP contribution in [-0.2, 0) is 40.1 Å². The molecular weight excluding hydrogens is 586 g/mol. The number of carbonyl (C=O) groups excluding carboxylic acids is 3. The first kappa shape index (κ1) is 30.9. The van der Waals surface area contributed by atoms with Gasteiger partial charge in [-0.25, -0.2) is 9.59 Å². The molecule has 0 spiro atoms. The van der Waals surface area contributed by atoms with Crippen molar-refractivity contribution in [2.45, 2.75) is 71.4 Å².